The molecule has 0 heterocycles. The molecule has 0 saturated carbocycles. The molecule has 430 valence electrons. The molecule has 0 aromatic heterocycles. The van der Waals surface area contributed by atoms with Gasteiger partial charge in [-0.3, -0.25) is 9.59 Å². The largest absolute Gasteiger partial charge is 0.462 e. The average molecular weight is 1030 g/mol. The van der Waals surface area contributed by atoms with Gasteiger partial charge in [-0.15, -0.1) is 0 Å². The predicted molar refractivity (Wildman–Crippen MR) is 321 cm³/mol. The maximum atomic E-state index is 12.3. The Balaban J connectivity index is 3.41. The van der Waals surface area contributed by atoms with Crippen LogP contribution in [0.1, 0.15) is 367 Å². The topological polar surface area (TPSA) is 72.8 Å². The molecule has 1 unspecified atom stereocenters. The molecule has 0 rings (SSSR count). The molecule has 0 saturated heterocycles. The molecule has 1 atom stereocenters. The molecule has 1 N–H and O–H groups in total. The van der Waals surface area contributed by atoms with Crippen molar-refractivity contribution in [3.63, 3.8) is 0 Å². The van der Waals surface area contributed by atoms with Crippen molar-refractivity contribution in [3.8, 4) is 0 Å². The van der Waals surface area contributed by atoms with Gasteiger partial charge in [-0.2, -0.15) is 0 Å². The molecule has 5 heteroatoms. The number of carbonyl (C=O) groups is 2. The molecule has 0 bridgehead atoms. The summed E-state index contributed by atoms with van der Waals surface area (Å²) in [5, 5.41) is 9.69. The third-order valence-corrected chi connectivity index (χ3v) is 15.2. The van der Waals surface area contributed by atoms with Gasteiger partial charge in [0.1, 0.15) is 6.61 Å². The van der Waals surface area contributed by atoms with Gasteiger partial charge in [-0.1, -0.05) is 339 Å². The van der Waals surface area contributed by atoms with Crippen LogP contribution in [0.25, 0.3) is 0 Å². The number of ether oxygens (including phenoxy) is 2. The minimum Gasteiger partial charge on any atom is -0.462 e. The molecule has 73 heavy (non-hydrogen) atoms. The molecule has 0 fully saturated rings. The minimum atomic E-state index is -0.771. The molecule has 0 spiro atoms. The van der Waals surface area contributed by atoms with E-state index in [9.17, 15) is 14.7 Å². The van der Waals surface area contributed by atoms with Crippen LogP contribution in [-0.4, -0.2) is 36.4 Å². The quantitative estimate of drug-likeness (QED) is 0.0373. The normalized spacial score (nSPS) is 12.3. The first kappa shape index (κ1) is 71.1. The van der Waals surface area contributed by atoms with Crippen LogP contribution in [0.3, 0.4) is 0 Å². The Morgan fingerprint density at radius 3 is 0.822 bits per heavy atom. The number of esters is 2. The van der Waals surface area contributed by atoms with Crippen LogP contribution < -0.4 is 0 Å². The third-order valence-electron chi connectivity index (χ3n) is 15.2. The molecule has 0 aliphatic heterocycles. The van der Waals surface area contributed by atoms with E-state index in [1.54, 1.807) is 0 Å². The SMILES string of the molecule is CCCCCCC/C=C\C/C=C\C/C=C\CCCCCCCCCCCCCCCCC(=O)OC(CO)COC(=O)CCCCCCCCCCCCCCCCCCCCCCCCCCCCCCCC. The van der Waals surface area contributed by atoms with E-state index in [4.69, 9.17) is 9.47 Å². The predicted octanol–water partition coefficient (Wildman–Crippen LogP) is 22.6. The van der Waals surface area contributed by atoms with Crippen molar-refractivity contribution in [2.45, 2.75) is 373 Å². The first-order valence-electron chi connectivity index (χ1n) is 33.0. The van der Waals surface area contributed by atoms with E-state index in [1.807, 2.05) is 0 Å². The van der Waals surface area contributed by atoms with Crippen molar-refractivity contribution in [2.24, 2.45) is 0 Å². The fraction of sp³-hybridized carbons (Fsp3) is 0.882. The number of rotatable bonds is 62. The maximum Gasteiger partial charge on any atom is 0.306 e. The number of aliphatic hydroxyl groups is 1. The Morgan fingerprint density at radius 2 is 0.548 bits per heavy atom. The highest BCUT2D eigenvalue weighted by Crippen LogP contribution is 2.19. The Kier molecular flexibility index (Phi) is 62.7. The second kappa shape index (κ2) is 64.4. The van der Waals surface area contributed by atoms with E-state index in [0.717, 1.165) is 44.9 Å². The van der Waals surface area contributed by atoms with Gasteiger partial charge >= 0.3 is 11.9 Å². The van der Waals surface area contributed by atoms with Crippen LogP contribution in [0.4, 0.5) is 0 Å². The highest BCUT2D eigenvalue weighted by atomic mass is 16.6. The van der Waals surface area contributed by atoms with Gasteiger partial charge in [0.2, 0.25) is 0 Å². The Hall–Kier alpha value is -1.88. The standard InChI is InChI=1S/C68H128O5/c1-3-5-7-9-11-13-15-17-19-21-23-25-27-29-31-33-35-36-38-40-42-44-46-48-50-52-54-56-58-60-62-67(70)72-65-66(64-69)73-68(71)63-61-59-57-55-53-51-49-47-45-43-41-39-37-34-32-30-28-26-24-22-20-18-16-14-12-10-8-6-4-2/h16,18,22,24,28,30,66,69H,3-15,17,19-21,23,25-27,29,31-65H2,1-2H3/b18-16-,24-22-,30-28-. The lowest BCUT2D eigenvalue weighted by atomic mass is 10.0. The molecule has 0 aliphatic rings. The summed E-state index contributed by atoms with van der Waals surface area (Å²) in [7, 11) is 0. The van der Waals surface area contributed by atoms with Crippen molar-refractivity contribution in [1.29, 1.82) is 0 Å². The van der Waals surface area contributed by atoms with Gasteiger partial charge in [0.15, 0.2) is 6.10 Å². The molecule has 0 aromatic carbocycles. The van der Waals surface area contributed by atoms with Crippen molar-refractivity contribution in [3.05, 3.63) is 36.5 Å². The van der Waals surface area contributed by atoms with E-state index in [2.05, 4.69) is 50.3 Å². The summed E-state index contributed by atoms with van der Waals surface area (Å²) in [6.45, 7) is 4.19. The first-order valence-corrected chi connectivity index (χ1v) is 33.0. The zero-order valence-electron chi connectivity index (χ0n) is 49.4. The summed E-state index contributed by atoms with van der Waals surface area (Å²) in [4.78, 5) is 24.6. The van der Waals surface area contributed by atoms with Crippen molar-refractivity contribution in [2.75, 3.05) is 13.2 Å². The zero-order chi connectivity index (χ0) is 52.7. The second-order valence-electron chi connectivity index (χ2n) is 22.6. The van der Waals surface area contributed by atoms with Gasteiger partial charge < -0.3 is 14.6 Å². The minimum absolute atomic E-state index is 0.0605. The Morgan fingerprint density at radius 1 is 0.315 bits per heavy atom. The summed E-state index contributed by atoms with van der Waals surface area (Å²) in [6, 6.07) is 0. The smallest absolute Gasteiger partial charge is 0.306 e. The lowest BCUT2D eigenvalue weighted by Crippen LogP contribution is -2.28. The molecule has 0 radical (unpaired) electrons. The number of carbonyl (C=O) groups excluding carboxylic acids is 2. The van der Waals surface area contributed by atoms with Crippen LogP contribution in [0.5, 0.6) is 0 Å². The molecule has 0 amide bonds. The van der Waals surface area contributed by atoms with Gasteiger partial charge in [-0.05, 0) is 51.4 Å². The van der Waals surface area contributed by atoms with E-state index >= 15 is 0 Å². The van der Waals surface area contributed by atoms with Crippen LogP contribution in [0.15, 0.2) is 36.5 Å². The summed E-state index contributed by atoms with van der Waals surface area (Å²) in [6.07, 6.45) is 84.5. The maximum absolute atomic E-state index is 12.3. The van der Waals surface area contributed by atoms with Crippen LogP contribution >= 0.6 is 0 Å². The Bertz CT molecular complexity index is 1160. The van der Waals surface area contributed by atoms with E-state index in [0.29, 0.717) is 12.8 Å². The monoisotopic (exact) mass is 1020 g/mol. The summed E-state index contributed by atoms with van der Waals surface area (Å²) < 4.78 is 10.8. The van der Waals surface area contributed by atoms with Gasteiger partial charge in [0.25, 0.3) is 0 Å². The highest BCUT2D eigenvalue weighted by Gasteiger charge is 2.16. The van der Waals surface area contributed by atoms with Gasteiger partial charge in [-0.25, -0.2) is 0 Å². The highest BCUT2D eigenvalue weighted by molar-refractivity contribution is 5.70. The summed E-state index contributed by atoms with van der Waals surface area (Å²) in [5.41, 5.74) is 0. The van der Waals surface area contributed by atoms with Crippen LogP contribution in [0.2, 0.25) is 0 Å². The van der Waals surface area contributed by atoms with E-state index in [1.165, 1.54) is 295 Å². The summed E-state index contributed by atoms with van der Waals surface area (Å²) >= 11 is 0. The van der Waals surface area contributed by atoms with Crippen LogP contribution in [-0.2, 0) is 19.1 Å². The Labute approximate surface area is 456 Å². The van der Waals surface area contributed by atoms with Crippen molar-refractivity contribution < 1.29 is 24.2 Å². The number of hydrogen-bond donors (Lipinski definition) is 1. The van der Waals surface area contributed by atoms with E-state index < -0.39 is 6.10 Å². The van der Waals surface area contributed by atoms with Crippen molar-refractivity contribution in [1.82, 2.24) is 0 Å². The molecule has 0 aliphatic carbocycles. The molecule has 5 nitrogen and oxygen atoms in total. The van der Waals surface area contributed by atoms with Gasteiger partial charge in [0.05, 0.1) is 6.61 Å². The lowest BCUT2D eigenvalue weighted by molar-refractivity contribution is -0.161. The zero-order valence-corrected chi connectivity index (χ0v) is 49.4. The first-order chi connectivity index (χ1) is 36.1. The second-order valence-corrected chi connectivity index (χ2v) is 22.6. The van der Waals surface area contributed by atoms with Crippen molar-refractivity contribution >= 4 is 11.9 Å². The number of hydrogen-bond acceptors (Lipinski definition) is 5. The summed E-state index contributed by atoms with van der Waals surface area (Å²) in [5.74, 6) is -0.570. The van der Waals surface area contributed by atoms with E-state index in [-0.39, 0.29) is 25.2 Å². The number of aliphatic hydroxyl groups excluding tert-OH is 1. The van der Waals surface area contributed by atoms with Crippen LogP contribution in [0, 0.1) is 0 Å². The third kappa shape index (κ3) is 62.6. The fourth-order valence-corrected chi connectivity index (χ4v) is 10.2. The molecular weight excluding hydrogens is 897 g/mol. The average Bonchev–Trinajstić information content (AvgIpc) is 3.39. The fourth-order valence-electron chi connectivity index (χ4n) is 10.2. The molecular formula is C68H128O5. The number of unbranched alkanes of at least 4 members (excludes halogenated alkanes) is 48. The van der Waals surface area contributed by atoms with Gasteiger partial charge in [0, 0.05) is 12.8 Å². The molecule has 0 aromatic rings. The number of allylic oxidation sites excluding steroid dienone is 6. The lowest BCUT2D eigenvalue weighted by Gasteiger charge is -2.15.